The van der Waals surface area contributed by atoms with Crippen LogP contribution >= 0.6 is 0 Å². The molecule has 0 radical (unpaired) electrons. The minimum Gasteiger partial charge on any atom is -1.00 e. The topological polar surface area (TPSA) is 82.0 Å². The van der Waals surface area contributed by atoms with Crippen molar-refractivity contribution < 1.29 is 32.8 Å². The Balaban J connectivity index is 0. The van der Waals surface area contributed by atoms with E-state index in [1.807, 2.05) is 0 Å². The van der Waals surface area contributed by atoms with Crippen LogP contribution in [0.5, 0.6) is 0 Å². The van der Waals surface area contributed by atoms with Crippen molar-refractivity contribution >= 4 is 11.8 Å². The number of Topliss-reactive ketones (excluding diaryl/α,β-unsaturated/α-hetero) is 1. The molecule has 4 nitrogen and oxygen atoms in total. The number of aliphatic carboxylic acids is 1. The van der Waals surface area contributed by atoms with Crippen molar-refractivity contribution in [2.45, 2.75) is 12.8 Å². The van der Waals surface area contributed by atoms with Crippen LogP contribution in [0.4, 0.5) is 0 Å². The van der Waals surface area contributed by atoms with Crippen LogP contribution in [0, 0.1) is 0 Å². The summed E-state index contributed by atoms with van der Waals surface area (Å²) in [7, 11) is 0. The van der Waals surface area contributed by atoms with Gasteiger partial charge in [0.25, 0.3) is 0 Å². The summed E-state index contributed by atoms with van der Waals surface area (Å²) in [6.45, 7) is 0.188. The fourth-order valence-electron chi connectivity index (χ4n) is 0.371. The predicted molar refractivity (Wildman–Crippen MR) is 29.6 cm³/mol. The molecule has 0 saturated heterocycles. The van der Waals surface area contributed by atoms with E-state index >= 15 is 0 Å². The molecule has 0 saturated carbocycles. The predicted octanol–water partition coefficient (Wildman–Crippen LogP) is -4.33. The van der Waals surface area contributed by atoms with Gasteiger partial charge in [0.15, 0.2) is 5.78 Å². The number of hydrogen-bond donors (Lipinski definition) is 2. The fraction of sp³-hybridized carbons (Fsp3) is 0.600. The number of carboxylic acids is 1. The van der Waals surface area contributed by atoms with Crippen molar-refractivity contribution in [3.63, 3.8) is 0 Å². The summed E-state index contributed by atoms with van der Waals surface area (Å²) in [6.07, 6.45) is 0.0349. The normalized spacial score (nSPS) is 8.10. The van der Waals surface area contributed by atoms with Gasteiger partial charge in [-0.1, -0.05) is 0 Å². The second-order valence-electron chi connectivity index (χ2n) is 1.68. The highest BCUT2D eigenvalue weighted by molar-refractivity contribution is 5.82. The summed E-state index contributed by atoms with van der Waals surface area (Å²) >= 11 is 0. The van der Waals surface area contributed by atoms with Crippen LogP contribution in [0.25, 0.3) is 0 Å². The van der Waals surface area contributed by atoms with E-state index in [4.69, 9.17) is 5.11 Å². The highest BCUT2D eigenvalue weighted by atomic mass is 35.5. The Morgan fingerprint density at radius 3 is 2.10 bits per heavy atom. The third-order valence-corrected chi connectivity index (χ3v) is 0.897. The lowest BCUT2D eigenvalue weighted by Crippen LogP contribution is -3.00. The van der Waals surface area contributed by atoms with Crippen LogP contribution < -0.4 is 18.1 Å². The van der Waals surface area contributed by atoms with Gasteiger partial charge >= 0.3 is 5.97 Å². The zero-order chi connectivity index (χ0) is 7.28. The average Bonchev–Trinajstić information content (AvgIpc) is 1.83. The van der Waals surface area contributed by atoms with Crippen molar-refractivity contribution in [2.24, 2.45) is 0 Å². The number of halogens is 1. The Bertz CT molecular complexity index is 126. The van der Waals surface area contributed by atoms with Gasteiger partial charge in [0.1, 0.15) is 6.54 Å². The van der Waals surface area contributed by atoms with E-state index in [0.29, 0.717) is 0 Å². The molecular weight excluding hydrogens is 159 g/mol. The average molecular weight is 169 g/mol. The highest BCUT2D eigenvalue weighted by Gasteiger charge is 2.03. The van der Waals surface area contributed by atoms with Gasteiger partial charge in [0.2, 0.25) is 0 Å². The van der Waals surface area contributed by atoms with Crippen molar-refractivity contribution in [1.82, 2.24) is 0 Å². The highest BCUT2D eigenvalue weighted by Crippen LogP contribution is 1.87. The molecule has 0 aliphatic carbocycles. The molecule has 0 rings (SSSR count). The molecule has 0 aliphatic rings. The smallest absolute Gasteiger partial charge is 0.303 e. The summed E-state index contributed by atoms with van der Waals surface area (Å²) in [5.74, 6) is -1.03. The van der Waals surface area contributed by atoms with Crippen molar-refractivity contribution in [1.29, 1.82) is 0 Å². The summed E-state index contributed by atoms with van der Waals surface area (Å²) in [6, 6.07) is 0. The molecule has 60 valence electrons. The minimum atomic E-state index is -0.934. The third-order valence-electron chi connectivity index (χ3n) is 0.897. The van der Waals surface area contributed by atoms with Gasteiger partial charge in [0.05, 0.1) is 6.42 Å². The number of carbonyl (C=O) groups excluding carboxylic acids is 1. The first-order valence-electron chi connectivity index (χ1n) is 2.69. The summed E-state index contributed by atoms with van der Waals surface area (Å²) < 4.78 is 0. The molecule has 0 aromatic heterocycles. The van der Waals surface area contributed by atoms with Gasteiger partial charge < -0.3 is 23.2 Å². The molecule has 0 atom stereocenters. The molecule has 0 spiro atoms. The van der Waals surface area contributed by atoms with Crippen LogP contribution in [-0.4, -0.2) is 23.4 Å². The van der Waals surface area contributed by atoms with Crippen LogP contribution in [0.1, 0.15) is 12.8 Å². The maximum absolute atomic E-state index is 10.4. The summed E-state index contributed by atoms with van der Waals surface area (Å²) in [5.41, 5.74) is 3.32. The van der Waals surface area contributed by atoms with Gasteiger partial charge in [0, 0.05) is 6.42 Å². The van der Waals surface area contributed by atoms with Crippen LogP contribution in [0.3, 0.4) is 0 Å². The monoisotopic (exact) mass is 168 g/mol. The van der Waals surface area contributed by atoms with Crippen LogP contribution in [-0.2, 0) is 9.59 Å². The SMILES string of the molecule is [Cl-].[NH3+]CC(=O)C[13CH2]C(=O)O. The van der Waals surface area contributed by atoms with E-state index in [0.717, 1.165) is 0 Å². The van der Waals surface area contributed by atoms with Gasteiger partial charge in [-0.3, -0.25) is 9.59 Å². The molecular formula is C5H10ClNO3. The standard InChI is InChI=1S/C5H9NO3.ClH/c6-3-4(7)1-2-5(8)9;/h1-3,6H2,(H,8,9);1H/i2+1;. The molecule has 4 N–H and O–H groups in total. The van der Waals surface area contributed by atoms with Gasteiger partial charge in [-0.15, -0.1) is 0 Å². The molecule has 0 aromatic rings. The number of rotatable bonds is 4. The number of quaternary nitrogens is 1. The summed E-state index contributed by atoms with van der Waals surface area (Å²) in [4.78, 5) is 20.2. The molecule has 0 bridgehead atoms. The third kappa shape index (κ3) is 7.39. The molecule has 0 amide bonds. The lowest BCUT2D eigenvalue weighted by molar-refractivity contribution is -0.354. The van der Waals surface area contributed by atoms with Crippen molar-refractivity contribution in [3.8, 4) is 0 Å². The fourth-order valence-corrected chi connectivity index (χ4v) is 0.371. The van der Waals surface area contributed by atoms with Gasteiger partial charge in [-0.05, 0) is 0 Å². The number of ketones is 1. The summed E-state index contributed by atoms with van der Waals surface area (Å²) in [5, 5.41) is 8.09. The second kappa shape index (κ2) is 6.51. The maximum Gasteiger partial charge on any atom is 0.303 e. The molecule has 10 heavy (non-hydrogen) atoms. The Hall–Kier alpha value is -0.610. The lowest BCUT2D eigenvalue weighted by Gasteiger charge is -1.88. The van der Waals surface area contributed by atoms with E-state index in [1.165, 1.54) is 0 Å². The second-order valence-corrected chi connectivity index (χ2v) is 1.68. The zero-order valence-electron chi connectivity index (χ0n) is 5.47. The molecule has 0 aromatic carbocycles. The molecule has 5 heteroatoms. The van der Waals surface area contributed by atoms with E-state index in [9.17, 15) is 9.59 Å². The zero-order valence-corrected chi connectivity index (χ0v) is 6.23. The molecule has 0 aliphatic heterocycles. The Labute approximate surface area is 64.8 Å². The first kappa shape index (κ1) is 12.1. The Morgan fingerprint density at radius 1 is 1.30 bits per heavy atom. The van der Waals surface area contributed by atoms with Gasteiger partial charge in [-0.25, -0.2) is 0 Å². The number of hydrogen-bond acceptors (Lipinski definition) is 2. The van der Waals surface area contributed by atoms with Gasteiger partial charge in [-0.2, -0.15) is 0 Å². The lowest BCUT2D eigenvalue weighted by atomic mass is 10.3. The van der Waals surface area contributed by atoms with E-state index < -0.39 is 5.97 Å². The molecule has 0 fully saturated rings. The van der Waals surface area contributed by atoms with Crippen LogP contribution in [0.15, 0.2) is 0 Å². The van der Waals surface area contributed by atoms with Crippen LogP contribution in [0.2, 0.25) is 0 Å². The molecule has 0 heterocycles. The maximum atomic E-state index is 10.4. The minimum absolute atomic E-state index is 0. The largest absolute Gasteiger partial charge is 1.00 e. The first-order valence-corrected chi connectivity index (χ1v) is 2.69. The Morgan fingerprint density at radius 2 is 1.80 bits per heavy atom. The van der Waals surface area contributed by atoms with E-state index in [2.05, 4.69) is 5.73 Å². The number of carboxylic acid groups (broad SMARTS) is 1. The Kier molecular flexibility index (Phi) is 7.88. The quantitative estimate of drug-likeness (QED) is 0.417. The van der Waals surface area contributed by atoms with Crippen molar-refractivity contribution in [2.75, 3.05) is 6.54 Å². The van der Waals surface area contributed by atoms with E-state index in [1.54, 1.807) is 0 Å². The van der Waals surface area contributed by atoms with Crippen molar-refractivity contribution in [3.05, 3.63) is 0 Å². The van der Waals surface area contributed by atoms with E-state index in [-0.39, 0.29) is 37.6 Å². The number of carbonyl (C=O) groups is 2. The molecule has 0 unspecified atom stereocenters. The first-order chi connectivity index (χ1) is 4.16.